The predicted molar refractivity (Wildman–Crippen MR) is 82.3 cm³/mol. The lowest BCUT2D eigenvalue weighted by Gasteiger charge is -2.40. The number of nitrogens with zero attached hydrogens (tertiary/aromatic N) is 1. The lowest BCUT2D eigenvalue weighted by Crippen LogP contribution is -2.42. The molecule has 1 aliphatic rings. The molecule has 20 heavy (non-hydrogen) atoms. The molecule has 0 saturated heterocycles. The summed E-state index contributed by atoms with van der Waals surface area (Å²) >= 11 is 0. The fraction of sp³-hybridized carbons (Fsp3) is 0.647. The van der Waals surface area contributed by atoms with Gasteiger partial charge in [-0.2, -0.15) is 0 Å². The predicted octanol–water partition coefficient (Wildman–Crippen LogP) is 3.04. The van der Waals surface area contributed by atoms with E-state index in [9.17, 15) is 5.11 Å². The molecule has 1 saturated carbocycles. The summed E-state index contributed by atoms with van der Waals surface area (Å²) in [5.74, 6) is 0.0691. The van der Waals surface area contributed by atoms with Crippen molar-refractivity contribution in [2.24, 2.45) is 0 Å². The molecule has 112 valence electrons. The van der Waals surface area contributed by atoms with Crippen LogP contribution in [0, 0.1) is 0 Å². The zero-order valence-electron chi connectivity index (χ0n) is 18.3. The molecule has 1 atom stereocenters. The number of rotatable bonds is 5. The number of benzene rings is 1. The highest BCUT2D eigenvalue weighted by molar-refractivity contribution is 5.31. The fourth-order valence-corrected chi connectivity index (χ4v) is 2.55. The molecular formula is C17H27NO2. The minimum atomic E-state index is -2.69. The van der Waals surface area contributed by atoms with Crippen LogP contribution in [0.3, 0.4) is 0 Å². The van der Waals surface area contributed by atoms with E-state index >= 15 is 0 Å². The Morgan fingerprint density at radius 3 is 2.35 bits per heavy atom. The summed E-state index contributed by atoms with van der Waals surface area (Å²) in [7, 11) is 5.20. The number of methoxy groups -OCH3 is 1. The number of aliphatic hydroxyl groups is 1. The molecule has 0 aliphatic heterocycles. The minimum Gasteiger partial charge on any atom is -0.497 e. The molecule has 1 aromatic carbocycles. The third-order valence-electron chi connectivity index (χ3n) is 3.68. The second-order valence-electron chi connectivity index (χ2n) is 5.52. The zero-order valence-corrected chi connectivity index (χ0v) is 12.3. The fourth-order valence-electron chi connectivity index (χ4n) is 2.55. The number of ether oxygens (including phenoxy) is 1. The van der Waals surface area contributed by atoms with Crippen molar-refractivity contribution in [1.29, 1.82) is 0 Å². The second-order valence-corrected chi connectivity index (χ2v) is 5.52. The van der Waals surface area contributed by atoms with Gasteiger partial charge in [-0.05, 0) is 44.6 Å². The van der Waals surface area contributed by atoms with E-state index in [1.807, 2.05) is 19.0 Å². The van der Waals surface area contributed by atoms with E-state index < -0.39 is 43.5 Å². The Morgan fingerprint density at radius 2 is 1.85 bits per heavy atom. The van der Waals surface area contributed by atoms with E-state index in [1.54, 1.807) is 31.4 Å². The number of hydrogen-bond donors (Lipinski definition) is 1. The van der Waals surface area contributed by atoms with Crippen LogP contribution >= 0.6 is 0 Å². The van der Waals surface area contributed by atoms with E-state index in [0.717, 1.165) is 5.56 Å². The molecule has 0 amide bonds. The second kappa shape index (κ2) is 6.59. The first kappa shape index (κ1) is 9.06. The molecule has 1 unspecified atom stereocenters. The molecule has 0 spiro atoms. The lowest BCUT2D eigenvalue weighted by atomic mass is 9.72. The van der Waals surface area contributed by atoms with Crippen LogP contribution in [0.1, 0.15) is 51.7 Å². The summed E-state index contributed by atoms with van der Waals surface area (Å²) in [5, 5.41) is 11.4. The maximum Gasteiger partial charge on any atom is 0.118 e. The Bertz CT molecular complexity index is 613. The van der Waals surface area contributed by atoms with Gasteiger partial charge in [0.15, 0.2) is 0 Å². The third kappa shape index (κ3) is 3.53. The van der Waals surface area contributed by atoms with Gasteiger partial charge in [-0.25, -0.2) is 0 Å². The first-order chi connectivity index (χ1) is 11.8. The van der Waals surface area contributed by atoms with Crippen molar-refractivity contribution in [2.45, 2.75) is 43.5 Å². The highest BCUT2D eigenvalue weighted by Gasteiger charge is 2.38. The Morgan fingerprint density at radius 1 is 1.25 bits per heavy atom. The molecule has 0 radical (unpaired) electrons. The number of hydrogen-bond acceptors (Lipinski definition) is 3. The summed E-state index contributed by atoms with van der Waals surface area (Å²) in [4.78, 5) is 1.85. The maximum absolute atomic E-state index is 11.4. The SMILES string of the molecule is [2H]C1([2H])CC(O)(C(CN(C)C)c2ccc(OC)cc2)CC([2H])([2H])C1([2H])[2H]. The van der Waals surface area contributed by atoms with Gasteiger partial charge in [0.1, 0.15) is 5.75 Å². The first-order valence-electron chi connectivity index (χ1n) is 9.77. The van der Waals surface area contributed by atoms with Crippen LogP contribution in [0.25, 0.3) is 0 Å². The molecule has 0 bridgehead atoms. The van der Waals surface area contributed by atoms with Crippen molar-refractivity contribution >= 4 is 0 Å². The van der Waals surface area contributed by atoms with E-state index in [1.165, 1.54) is 0 Å². The summed E-state index contributed by atoms with van der Waals surface area (Å²) in [5.41, 5.74) is -0.992. The Hall–Kier alpha value is -1.06. The molecule has 0 aromatic heterocycles. The van der Waals surface area contributed by atoms with Crippen molar-refractivity contribution in [1.82, 2.24) is 4.90 Å². The quantitative estimate of drug-likeness (QED) is 0.901. The highest BCUT2D eigenvalue weighted by Crippen LogP contribution is 2.40. The van der Waals surface area contributed by atoms with Crippen molar-refractivity contribution in [2.75, 3.05) is 27.7 Å². The first-order valence-corrected chi connectivity index (χ1v) is 6.77. The Labute approximate surface area is 131 Å². The molecule has 3 nitrogen and oxygen atoms in total. The van der Waals surface area contributed by atoms with E-state index in [-0.39, 0.29) is 0 Å². The van der Waals surface area contributed by atoms with Crippen molar-refractivity contribution in [3.63, 3.8) is 0 Å². The molecular weight excluding hydrogens is 250 g/mol. The molecule has 3 heteroatoms. The van der Waals surface area contributed by atoms with E-state index in [2.05, 4.69) is 0 Å². The van der Waals surface area contributed by atoms with Gasteiger partial charge in [0.25, 0.3) is 0 Å². The van der Waals surface area contributed by atoms with Gasteiger partial charge < -0.3 is 14.7 Å². The van der Waals surface area contributed by atoms with Crippen LogP contribution in [0.2, 0.25) is 0 Å². The lowest BCUT2D eigenvalue weighted by molar-refractivity contribution is -0.0277. The highest BCUT2D eigenvalue weighted by atomic mass is 16.5. The average molecular weight is 283 g/mol. The van der Waals surface area contributed by atoms with Crippen LogP contribution in [0.15, 0.2) is 24.3 Å². The average Bonchev–Trinajstić information content (AvgIpc) is 2.50. The van der Waals surface area contributed by atoms with Gasteiger partial charge in [-0.15, -0.1) is 0 Å². The van der Waals surface area contributed by atoms with E-state index in [0.29, 0.717) is 12.3 Å². The largest absolute Gasteiger partial charge is 0.497 e. The van der Waals surface area contributed by atoms with Crippen molar-refractivity contribution in [3.05, 3.63) is 29.8 Å². The summed E-state index contributed by atoms with van der Waals surface area (Å²) < 4.78 is 53.4. The molecule has 1 fully saturated rings. The Balaban J connectivity index is 2.49. The van der Waals surface area contributed by atoms with Gasteiger partial charge in [-0.3, -0.25) is 0 Å². The van der Waals surface area contributed by atoms with Crippen molar-refractivity contribution in [3.8, 4) is 5.75 Å². The summed E-state index contributed by atoms with van der Waals surface area (Å²) in [6.07, 6.45) is -8.63. The van der Waals surface area contributed by atoms with Crippen LogP contribution in [-0.2, 0) is 0 Å². The van der Waals surface area contributed by atoms with Crippen LogP contribution in [0.5, 0.6) is 5.75 Å². The summed E-state index contributed by atoms with van der Waals surface area (Å²) in [6, 6.07) is 7.04. The van der Waals surface area contributed by atoms with Gasteiger partial charge in [0, 0.05) is 20.7 Å². The van der Waals surface area contributed by atoms with E-state index in [4.69, 9.17) is 13.0 Å². The normalized spacial score (nSPS) is 31.9. The van der Waals surface area contributed by atoms with Crippen LogP contribution < -0.4 is 4.74 Å². The smallest absolute Gasteiger partial charge is 0.118 e. The zero-order chi connectivity index (χ0) is 20.0. The maximum atomic E-state index is 11.4. The van der Waals surface area contributed by atoms with Gasteiger partial charge in [0.2, 0.25) is 0 Å². The summed E-state index contributed by atoms with van der Waals surface area (Å²) in [6.45, 7) is 0.373. The minimum absolute atomic E-state index is 0.373. The molecule has 0 heterocycles. The molecule has 1 N–H and O–H groups in total. The van der Waals surface area contributed by atoms with Crippen molar-refractivity contribution < 1.29 is 18.1 Å². The van der Waals surface area contributed by atoms with Crippen LogP contribution in [0.4, 0.5) is 0 Å². The Kier molecular flexibility index (Phi) is 2.99. The van der Waals surface area contributed by atoms with Gasteiger partial charge in [0.05, 0.1) is 12.7 Å². The third-order valence-corrected chi connectivity index (χ3v) is 3.68. The number of likely N-dealkylation sites (N-methyl/N-ethyl adjacent to an activating group) is 1. The molecule has 1 aliphatic carbocycles. The molecule has 2 rings (SSSR count). The van der Waals surface area contributed by atoms with Crippen LogP contribution in [-0.4, -0.2) is 43.4 Å². The van der Waals surface area contributed by atoms with Gasteiger partial charge >= 0.3 is 0 Å². The topological polar surface area (TPSA) is 32.7 Å². The standard InChI is InChI=1S/C17H27NO2/c1-18(2)13-16(17(19)11-5-4-6-12-17)14-7-9-15(20-3)10-8-14/h7-10,16,19H,4-6,11-13H2,1-3H3/i4D2,5D2,6D2. The van der Waals surface area contributed by atoms with Gasteiger partial charge in [-0.1, -0.05) is 31.3 Å². The molecule has 1 aromatic rings. The monoisotopic (exact) mass is 283 g/mol.